The highest BCUT2D eigenvalue weighted by molar-refractivity contribution is 5.25. The minimum Gasteiger partial charge on any atom is -0.323 e. The van der Waals surface area contributed by atoms with Crippen molar-refractivity contribution in [3.05, 3.63) is 35.4 Å². The molecule has 0 amide bonds. The highest BCUT2D eigenvalue weighted by atomic mass is 15.1. The number of aryl methyl sites for hydroxylation is 1. The lowest BCUT2D eigenvalue weighted by molar-refractivity contribution is 0.197. The topological polar surface area (TPSA) is 29.3 Å². The summed E-state index contributed by atoms with van der Waals surface area (Å²) in [5, 5.41) is 0. The second kappa shape index (κ2) is 7.66. The predicted molar refractivity (Wildman–Crippen MR) is 84.3 cm³/mol. The minimum absolute atomic E-state index is 0.0833. The van der Waals surface area contributed by atoms with Crippen molar-refractivity contribution in [2.75, 3.05) is 13.6 Å². The molecule has 108 valence electrons. The molecule has 19 heavy (non-hydrogen) atoms. The van der Waals surface area contributed by atoms with Gasteiger partial charge in [-0.15, -0.1) is 0 Å². The van der Waals surface area contributed by atoms with E-state index in [1.54, 1.807) is 0 Å². The van der Waals surface area contributed by atoms with E-state index >= 15 is 0 Å². The molecule has 0 heterocycles. The molecule has 0 aliphatic carbocycles. The fourth-order valence-corrected chi connectivity index (χ4v) is 2.32. The van der Waals surface area contributed by atoms with Crippen molar-refractivity contribution in [1.82, 2.24) is 4.90 Å². The monoisotopic (exact) mass is 262 g/mol. The summed E-state index contributed by atoms with van der Waals surface area (Å²) in [6, 6.07) is 9.18. The molecule has 0 aliphatic heterocycles. The molecule has 1 aromatic carbocycles. The van der Waals surface area contributed by atoms with Crippen LogP contribution in [0.4, 0.5) is 0 Å². The third-order valence-electron chi connectivity index (χ3n) is 4.28. The lowest BCUT2D eigenvalue weighted by Gasteiger charge is -2.31. The van der Waals surface area contributed by atoms with Crippen LogP contribution in [0.3, 0.4) is 0 Å². The van der Waals surface area contributed by atoms with Crippen LogP contribution in [0.2, 0.25) is 0 Å². The second-order valence-corrected chi connectivity index (χ2v) is 5.81. The summed E-state index contributed by atoms with van der Waals surface area (Å²) in [6.07, 6.45) is 2.30. The average Bonchev–Trinajstić information content (AvgIpc) is 2.45. The van der Waals surface area contributed by atoms with E-state index in [0.717, 1.165) is 18.9 Å². The van der Waals surface area contributed by atoms with Gasteiger partial charge in [-0.25, -0.2) is 0 Å². The molecule has 0 saturated carbocycles. The van der Waals surface area contributed by atoms with E-state index in [-0.39, 0.29) is 6.04 Å². The summed E-state index contributed by atoms with van der Waals surface area (Å²) in [5.74, 6) is 0.724. The SMILES string of the molecule is CCc1ccc(C(N)C(C)N(C)CC(C)CC)cc1. The Balaban J connectivity index is 2.66. The summed E-state index contributed by atoms with van der Waals surface area (Å²) in [7, 11) is 2.18. The Hall–Kier alpha value is -0.860. The minimum atomic E-state index is 0.0833. The Bertz CT molecular complexity index is 358. The van der Waals surface area contributed by atoms with Crippen molar-refractivity contribution in [1.29, 1.82) is 0 Å². The zero-order chi connectivity index (χ0) is 14.4. The molecule has 2 heteroatoms. The fourth-order valence-electron chi connectivity index (χ4n) is 2.32. The van der Waals surface area contributed by atoms with Crippen LogP contribution in [0.15, 0.2) is 24.3 Å². The van der Waals surface area contributed by atoms with Crippen molar-refractivity contribution < 1.29 is 0 Å². The molecule has 0 saturated heterocycles. The van der Waals surface area contributed by atoms with Gasteiger partial charge in [-0.2, -0.15) is 0 Å². The van der Waals surface area contributed by atoms with Gasteiger partial charge in [0.15, 0.2) is 0 Å². The van der Waals surface area contributed by atoms with Crippen LogP contribution in [0.25, 0.3) is 0 Å². The van der Waals surface area contributed by atoms with Gasteiger partial charge in [0.25, 0.3) is 0 Å². The summed E-state index contributed by atoms with van der Waals surface area (Å²) >= 11 is 0. The zero-order valence-corrected chi connectivity index (χ0v) is 13.2. The maximum atomic E-state index is 6.41. The smallest absolute Gasteiger partial charge is 0.0450 e. The molecular weight excluding hydrogens is 232 g/mol. The van der Waals surface area contributed by atoms with Crippen molar-refractivity contribution in [3.63, 3.8) is 0 Å². The van der Waals surface area contributed by atoms with Crippen LogP contribution < -0.4 is 5.73 Å². The van der Waals surface area contributed by atoms with Crippen molar-refractivity contribution in [2.45, 2.75) is 52.6 Å². The molecule has 0 aromatic heterocycles. The third kappa shape index (κ3) is 4.63. The molecule has 3 atom stereocenters. The lowest BCUT2D eigenvalue weighted by atomic mass is 9.98. The van der Waals surface area contributed by atoms with Gasteiger partial charge >= 0.3 is 0 Å². The number of benzene rings is 1. The van der Waals surface area contributed by atoms with E-state index < -0.39 is 0 Å². The number of rotatable bonds is 7. The molecule has 1 rings (SSSR count). The molecule has 0 bridgehead atoms. The fraction of sp³-hybridized carbons (Fsp3) is 0.647. The number of nitrogens with zero attached hydrogens (tertiary/aromatic N) is 1. The summed E-state index contributed by atoms with van der Waals surface area (Å²) in [6.45, 7) is 10.0. The standard InChI is InChI=1S/C17H30N2/c1-6-13(3)12-19(5)14(4)17(18)16-10-8-15(7-2)9-11-16/h8-11,13-14,17H,6-7,12,18H2,1-5H3. The largest absolute Gasteiger partial charge is 0.323 e. The number of hydrogen-bond acceptors (Lipinski definition) is 2. The normalized spacial score (nSPS) is 16.4. The van der Waals surface area contributed by atoms with Crippen LogP contribution in [-0.4, -0.2) is 24.5 Å². The van der Waals surface area contributed by atoms with E-state index in [0.29, 0.717) is 6.04 Å². The summed E-state index contributed by atoms with van der Waals surface area (Å²) in [5.41, 5.74) is 9.02. The molecule has 1 aromatic rings. The van der Waals surface area contributed by atoms with Crippen LogP contribution in [0.5, 0.6) is 0 Å². The average molecular weight is 262 g/mol. The Morgan fingerprint density at radius 2 is 1.68 bits per heavy atom. The molecule has 0 fully saturated rings. The maximum Gasteiger partial charge on any atom is 0.0450 e. The van der Waals surface area contributed by atoms with Crippen LogP contribution in [0, 0.1) is 5.92 Å². The Morgan fingerprint density at radius 1 is 1.11 bits per heavy atom. The molecule has 0 aliphatic rings. The number of likely N-dealkylation sites (N-methyl/N-ethyl adjacent to an activating group) is 1. The van der Waals surface area contributed by atoms with Crippen molar-refractivity contribution >= 4 is 0 Å². The van der Waals surface area contributed by atoms with Crippen LogP contribution >= 0.6 is 0 Å². The molecule has 2 nitrogen and oxygen atoms in total. The Labute approximate surface area is 119 Å². The first-order valence-corrected chi connectivity index (χ1v) is 7.54. The number of nitrogens with two attached hydrogens (primary N) is 1. The highest BCUT2D eigenvalue weighted by Crippen LogP contribution is 2.19. The van der Waals surface area contributed by atoms with Gasteiger partial charge in [0, 0.05) is 18.6 Å². The molecule has 3 unspecified atom stereocenters. The predicted octanol–water partition coefficient (Wildman–Crippen LogP) is 3.62. The van der Waals surface area contributed by atoms with Gasteiger partial charge in [0.2, 0.25) is 0 Å². The molecular formula is C17H30N2. The number of hydrogen-bond donors (Lipinski definition) is 1. The van der Waals surface area contributed by atoms with Crippen LogP contribution in [-0.2, 0) is 6.42 Å². The van der Waals surface area contributed by atoms with E-state index in [9.17, 15) is 0 Å². The van der Waals surface area contributed by atoms with E-state index in [1.165, 1.54) is 17.5 Å². The highest BCUT2D eigenvalue weighted by Gasteiger charge is 2.20. The first-order chi connectivity index (χ1) is 8.99. The maximum absolute atomic E-state index is 6.41. The van der Waals surface area contributed by atoms with E-state index in [1.807, 2.05) is 0 Å². The molecule has 2 N–H and O–H groups in total. The zero-order valence-electron chi connectivity index (χ0n) is 13.2. The first-order valence-electron chi connectivity index (χ1n) is 7.54. The quantitative estimate of drug-likeness (QED) is 0.813. The van der Waals surface area contributed by atoms with E-state index in [4.69, 9.17) is 5.73 Å². The van der Waals surface area contributed by atoms with E-state index in [2.05, 4.69) is 63.9 Å². The van der Waals surface area contributed by atoms with Gasteiger partial charge in [-0.1, -0.05) is 51.5 Å². The van der Waals surface area contributed by atoms with Crippen LogP contribution in [0.1, 0.15) is 51.3 Å². The first kappa shape index (κ1) is 16.2. The van der Waals surface area contributed by atoms with Gasteiger partial charge in [0.1, 0.15) is 0 Å². The van der Waals surface area contributed by atoms with Gasteiger partial charge in [-0.05, 0) is 37.4 Å². The third-order valence-corrected chi connectivity index (χ3v) is 4.28. The van der Waals surface area contributed by atoms with Gasteiger partial charge < -0.3 is 10.6 Å². The molecule has 0 radical (unpaired) electrons. The lowest BCUT2D eigenvalue weighted by Crippen LogP contribution is -2.40. The van der Waals surface area contributed by atoms with Crippen molar-refractivity contribution in [2.24, 2.45) is 11.7 Å². The Kier molecular flexibility index (Phi) is 6.53. The summed E-state index contributed by atoms with van der Waals surface area (Å²) < 4.78 is 0. The van der Waals surface area contributed by atoms with Gasteiger partial charge in [0.05, 0.1) is 0 Å². The van der Waals surface area contributed by atoms with Gasteiger partial charge in [-0.3, -0.25) is 0 Å². The Morgan fingerprint density at radius 3 is 2.16 bits per heavy atom. The summed E-state index contributed by atoms with van der Waals surface area (Å²) in [4.78, 5) is 2.38. The molecule has 0 spiro atoms. The van der Waals surface area contributed by atoms with Crippen molar-refractivity contribution in [3.8, 4) is 0 Å². The second-order valence-electron chi connectivity index (χ2n) is 5.81.